The van der Waals surface area contributed by atoms with Gasteiger partial charge in [-0.05, 0) is 81.0 Å². The molecule has 0 saturated carbocycles. The number of hydrogen-bond donors (Lipinski definition) is 4. The molecule has 11 aromatic rings. The lowest BCUT2D eigenvalue weighted by atomic mass is 10.1. The Labute approximate surface area is 718 Å². The number of aromatic hydroxyl groups is 1. The number of carbonyl (C=O) groups is 7. The molecule has 0 aliphatic carbocycles. The Morgan fingerprint density at radius 1 is 0.459 bits per heavy atom. The number of phenols is 1. The minimum Gasteiger partial charge on any atom is -0.508 e. The smallest absolute Gasteiger partial charge is 0.242 e. The maximum atomic E-state index is 12.7. The number of Topliss-reactive ketones (excluding diaryl/α,β-unsaturated/α-hetero) is 1. The molecule has 0 atom stereocenters. The molecule has 8 aromatic heterocycles. The van der Waals surface area contributed by atoms with Crippen molar-refractivity contribution in [2.24, 2.45) is 0 Å². The topological polar surface area (TPSA) is 343 Å². The van der Waals surface area contributed by atoms with Gasteiger partial charge >= 0.3 is 0 Å². The zero-order chi connectivity index (χ0) is 84.6. The van der Waals surface area contributed by atoms with Crippen LogP contribution >= 0.6 is 34.0 Å². The zero-order valence-corrected chi connectivity index (χ0v) is 71.5. The lowest BCUT2D eigenvalue weighted by molar-refractivity contribution is -0.134. The summed E-state index contributed by atoms with van der Waals surface area (Å²) in [4.78, 5) is 138. The summed E-state index contributed by atoms with van der Waals surface area (Å²) in [6.07, 6.45) is 11.2. The fourth-order valence-electron chi connectivity index (χ4n) is 15.7. The lowest BCUT2D eigenvalue weighted by Gasteiger charge is -2.34. The number of nitrogens with one attached hydrogen (secondary N) is 3. The number of ketones is 3. The Morgan fingerprint density at radius 3 is 1.25 bits per heavy atom. The number of aromatic amines is 2. The van der Waals surface area contributed by atoms with Crippen LogP contribution in [-0.4, -0.2) is 290 Å². The van der Waals surface area contributed by atoms with E-state index in [1.54, 1.807) is 83.1 Å². The second-order valence-electron chi connectivity index (χ2n) is 30.9. The molecule has 6 aliphatic rings. The highest BCUT2D eigenvalue weighted by Crippen LogP contribution is 2.41. The Hall–Kier alpha value is -11.2. The summed E-state index contributed by atoms with van der Waals surface area (Å²) in [5, 5.41) is 29.2. The first-order valence-corrected chi connectivity index (χ1v) is 44.2. The normalized spacial score (nSPS) is 16.6. The number of ether oxygens (including phenoxy) is 3. The second kappa shape index (κ2) is 40.6. The summed E-state index contributed by atoms with van der Waals surface area (Å²) in [7, 11) is 0. The van der Waals surface area contributed by atoms with Crippen molar-refractivity contribution >= 4 is 145 Å². The summed E-state index contributed by atoms with van der Waals surface area (Å²) >= 11 is 5.19. The molecule has 4 amide bonds. The standard InChI is InChI=1S/C30H36N6O5S.2C29H33N7O3S/c1-2-4-22(37)7-8-26(39)31-19-27(40)35-11-9-34(10-12-35)20-24-18-25-28(42-24)30(36-13-15-41-16-14-36)33-29(32-25)21-5-3-6-23(38)17-21;1-19(2)25(37)6-7-26(38)35-10-8-34(9-11-35)18-20-16-24-27(40-20)29(36-12-14-39-15-13-36)32-28(31-24)21-4-3-5-23-22(21)17-30-33-23;1-2-4-20(37)7-8-26(38)35-11-9-34(10-12-35)19-21-17-25-27(40-21)29(36-13-15-39-16-14-36)32-28(31-25)22-5-3-6-24-23(22)18-30-33-24/h2-6,17-18,38H,7-16,19-20H2,1H3,(H,31,39);3-5,16-17H,1,6-15,18H2,2H3,(H,30,33);2-6,17-18H,7-16,19H2,1H3,(H,30,33)/b4-2+;;4-2+. The van der Waals surface area contributed by atoms with E-state index >= 15 is 0 Å². The summed E-state index contributed by atoms with van der Waals surface area (Å²) in [5.74, 6) is 4.51. The van der Waals surface area contributed by atoms with Crippen molar-refractivity contribution in [2.45, 2.75) is 78.9 Å². The van der Waals surface area contributed by atoms with E-state index in [1.807, 2.05) is 71.6 Å². The predicted octanol–water partition coefficient (Wildman–Crippen LogP) is 9.87. The molecule has 0 radical (unpaired) electrons. The van der Waals surface area contributed by atoms with Crippen LogP contribution in [0.1, 0.15) is 73.9 Å². The molecule has 34 heteroatoms. The number of phenolic OH excluding ortho intramolecular Hbond substituents is 1. The van der Waals surface area contributed by atoms with Crippen LogP contribution in [0.25, 0.3) is 86.6 Å². The van der Waals surface area contributed by atoms with Crippen molar-refractivity contribution in [3.05, 3.63) is 142 Å². The number of allylic oxidation sites excluding steroid dienone is 5. The molecule has 14 heterocycles. The molecular formula is C88H102N20O11S3. The molecule has 638 valence electrons. The highest BCUT2D eigenvalue weighted by molar-refractivity contribution is 7.20. The molecule has 6 saturated heterocycles. The van der Waals surface area contributed by atoms with Crippen LogP contribution in [-0.2, 0) is 67.4 Å². The van der Waals surface area contributed by atoms with Crippen molar-refractivity contribution in [1.29, 1.82) is 0 Å². The Kier molecular flexibility index (Phi) is 28.6. The lowest BCUT2D eigenvalue weighted by Crippen LogP contribution is -2.50. The number of anilines is 3. The SMILES string of the molecule is C/C=C/C(=O)CCC(=O)N1CCN(Cc2cc3nc(-c4cccc5[nH]ncc45)nc(N4CCOCC4)c3s2)CC1.C/C=C/C(=O)CCC(=O)NCC(=O)N1CCN(Cc2cc3nc(-c4cccc(O)c4)nc(N4CCOCC4)c3s2)CC1.C=C(C)C(=O)CCC(=O)N1CCN(Cc2cc3nc(-c4cccc5[nH]ncc45)nc(N4CCOCC4)c3s2)CC1. The highest BCUT2D eigenvalue weighted by Gasteiger charge is 2.30. The van der Waals surface area contributed by atoms with Crippen LogP contribution in [0.5, 0.6) is 5.75 Å². The van der Waals surface area contributed by atoms with Crippen molar-refractivity contribution in [1.82, 2.24) is 85.0 Å². The average molecular weight is 1710 g/mol. The Bertz CT molecular complexity index is 5660. The number of morpholine rings is 3. The third-order valence-electron chi connectivity index (χ3n) is 22.4. The van der Waals surface area contributed by atoms with Crippen LogP contribution in [0.2, 0.25) is 0 Å². The molecule has 0 bridgehead atoms. The summed E-state index contributed by atoms with van der Waals surface area (Å²) < 4.78 is 20.0. The summed E-state index contributed by atoms with van der Waals surface area (Å²) in [6.45, 7) is 28.4. The number of carbonyl (C=O) groups excluding carboxylic acids is 7. The van der Waals surface area contributed by atoms with Crippen molar-refractivity contribution in [3.63, 3.8) is 0 Å². The summed E-state index contributed by atoms with van der Waals surface area (Å²) in [5.41, 5.74) is 7.88. The van der Waals surface area contributed by atoms with Gasteiger partial charge < -0.3 is 54.0 Å². The number of amides is 4. The Morgan fingerprint density at radius 2 is 0.844 bits per heavy atom. The molecule has 4 N–H and O–H groups in total. The maximum Gasteiger partial charge on any atom is 0.242 e. The van der Waals surface area contributed by atoms with E-state index in [0.717, 1.165) is 185 Å². The van der Waals surface area contributed by atoms with Gasteiger partial charge in [-0.15, -0.1) is 34.0 Å². The summed E-state index contributed by atoms with van der Waals surface area (Å²) in [6, 6.07) is 25.6. The van der Waals surface area contributed by atoms with Gasteiger partial charge in [0, 0.05) is 218 Å². The number of rotatable bonds is 26. The third-order valence-corrected chi connectivity index (χ3v) is 25.7. The number of piperazine rings is 3. The maximum absolute atomic E-state index is 12.7. The number of fused-ring (bicyclic) bond motifs is 5. The van der Waals surface area contributed by atoms with Gasteiger partial charge in [0.25, 0.3) is 0 Å². The molecule has 0 unspecified atom stereocenters. The fraction of sp³-hybridized carbons (Fsp3) is 0.420. The van der Waals surface area contributed by atoms with E-state index in [9.17, 15) is 38.7 Å². The second-order valence-corrected chi connectivity index (χ2v) is 34.3. The minimum atomic E-state index is -0.295. The number of H-pyrrole nitrogens is 2. The molecule has 3 aromatic carbocycles. The van der Waals surface area contributed by atoms with Gasteiger partial charge in [-0.2, -0.15) is 10.2 Å². The van der Waals surface area contributed by atoms with Gasteiger partial charge in [-0.3, -0.25) is 58.5 Å². The average Bonchev–Trinajstić information content (AvgIpc) is 1.53. The van der Waals surface area contributed by atoms with E-state index in [1.165, 1.54) is 26.8 Å². The number of benzene rings is 3. The van der Waals surface area contributed by atoms with Gasteiger partial charge in [0.2, 0.25) is 23.6 Å². The van der Waals surface area contributed by atoms with E-state index in [0.29, 0.717) is 102 Å². The van der Waals surface area contributed by atoms with Crippen molar-refractivity contribution in [3.8, 4) is 39.9 Å². The highest BCUT2D eigenvalue weighted by atomic mass is 32.1. The van der Waals surface area contributed by atoms with E-state index < -0.39 is 0 Å². The van der Waals surface area contributed by atoms with E-state index in [2.05, 4.69) is 79.9 Å². The molecule has 122 heavy (non-hydrogen) atoms. The first-order valence-electron chi connectivity index (χ1n) is 41.7. The van der Waals surface area contributed by atoms with Crippen LogP contribution in [0.3, 0.4) is 0 Å². The number of hydrogen-bond acceptors (Lipinski definition) is 28. The fourth-order valence-corrected chi connectivity index (χ4v) is 19.2. The first-order chi connectivity index (χ1) is 59.4. The molecular weight excluding hydrogens is 1610 g/mol. The number of aromatic nitrogens is 10. The van der Waals surface area contributed by atoms with E-state index in [-0.39, 0.29) is 91.8 Å². The largest absolute Gasteiger partial charge is 0.508 e. The molecule has 6 fully saturated rings. The van der Waals surface area contributed by atoms with Crippen LogP contribution in [0.4, 0.5) is 17.5 Å². The predicted molar refractivity (Wildman–Crippen MR) is 474 cm³/mol. The molecule has 6 aliphatic heterocycles. The van der Waals surface area contributed by atoms with Gasteiger partial charge in [0.15, 0.2) is 52.3 Å². The van der Waals surface area contributed by atoms with Crippen LogP contribution in [0, 0.1) is 0 Å². The number of thiophene rings is 3. The quantitative estimate of drug-likeness (QED) is 0.0366. The first kappa shape index (κ1) is 85.8. The number of nitrogens with zero attached hydrogens (tertiary/aromatic N) is 17. The Balaban J connectivity index is 0.000000142. The van der Waals surface area contributed by atoms with Crippen LogP contribution < -0.4 is 20.0 Å². The molecule has 0 spiro atoms. The van der Waals surface area contributed by atoms with Crippen LogP contribution in [0.15, 0.2) is 128 Å². The van der Waals surface area contributed by atoms with Gasteiger partial charge in [0.05, 0.1) is 100 Å². The minimum absolute atomic E-state index is 0.00315. The monoisotopic (exact) mass is 1710 g/mol. The third kappa shape index (κ3) is 21.4. The van der Waals surface area contributed by atoms with E-state index in [4.69, 9.17) is 44.1 Å². The molecule has 31 nitrogen and oxygen atoms in total. The zero-order valence-electron chi connectivity index (χ0n) is 69.1. The van der Waals surface area contributed by atoms with Crippen molar-refractivity contribution < 1.29 is 52.9 Å². The van der Waals surface area contributed by atoms with Gasteiger partial charge in [-0.1, -0.05) is 55.1 Å². The van der Waals surface area contributed by atoms with Crippen molar-refractivity contribution in [2.75, 3.05) is 179 Å². The molecule has 17 rings (SSSR count). The van der Waals surface area contributed by atoms with Gasteiger partial charge in [0.1, 0.15) is 5.75 Å². The van der Waals surface area contributed by atoms with Gasteiger partial charge in [-0.25, -0.2) is 29.9 Å².